The Hall–Kier alpha value is -3.11. The lowest BCUT2D eigenvalue weighted by Gasteiger charge is -2.24. The summed E-state index contributed by atoms with van der Waals surface area (Å²) >= 11 is 1.25. The van der Waals surface area contributed by atoms with Crippen LogP contribution in [0.5, 0.6) is 0 Å². The minimum atomic E-state index is -3.42. The number of carbonyl (C=O) groups is 3. The fraction of sp³-hybridized carbons (Fsp3) is 0.200. The van der Waals surface area contributed by atoms with E-state index in [9.17, 15) is 22.8 Å². The number of para-hydroxylation sites is 1. The second-order valence-electron chi connectivity index (χ2n) is 6.94. The van der Waals surface area contributed by atoms with E-state index in [1.165, 1.54) is 23.5 Å². The van der Waals surface area contributed by atoms with Crippen LogP contribution in [0.15, 0.2) is 48.5 Å². The third-order valence-electron chi connectivity index (χ3n) is 4.73. The van der Waals surface area contributed by atoms with Crippen LogP contribution in [-0.2, 0) is 14.6 Å². The molecule has 1 aliphatic heterocycles. The second-order valence-corrected chi connectivity index (χ2v) is 10.2. The monoisotopic (exact) mass is 443 g/mol. The molecule has 0 unspecified atom stereocenters. The summed E-state index contributed by atoms with van der Waals surface area (Å²) in [4.78, 5) is 43.9. The van der Waals surface area contributed by atoms with Gasteiger partial charge in [0.25, 0.3) is 11.8 Å². The summed E-state index contributed by atoms with van der Waals surface area (Å²) in [6.45, 7) is 0. The molecule has 2 heterocycles. The van der Waals surface area contributed by atoms with Crippen LogP contribution < -0.4 is 5.32 Å². The van der Waals surface area contributed by atoms with Gasteiger partial charge in [-0.15, -0.1) is 0 Å². The molecule has 0 radical (unpaired) electrons. The van der Waals surface area contributed by atoms with Crippen LogP contribution in [0.2, 0.25) is 0 Å². The summed E-state index contributed by atoms with van der Waals surface area (Å²) in [5.74, 6) is -2.24. The molecule has 1 aliphatic rings. The van der Waals surface area contributed by atoms with Crippen molar-refractivity contribution < 1.29 is 22.8 Å². The highest BCUT2D eigenvalue weighted by Crippen LogP contribution is 2.28. The summed E-state index contributed by atoms with van der Waals surface area (Å²) in [5.41, 5.74) is 1.09. The van der Waals surface area contributed by atoms with Gasteiger partial charge >= 0.3 is 0 Å². The number of rotatable bonds is 6. The molecule has 1 N–H and O–H groups in total. The van der Waals surface area contributed by atoms with Crippen molar-refractivity contribution in [2.45, 2.75) is 12.5 Å². The smallest absolute Gasteiger partial charge is 0.262 e. The highest BCUT2D eigenvalue weighted by atomic mass is 32.2. The molecule has 0 saturated heterocycles. The first-order valence-corrected chi connectivity index (χ1v) is 11.9. The maximum atomic E-state index is 13.1. The number of nitrogens with one attached hydrogen (secondary N) is 1. The molecular weight excluding hydrogens is 426 g/mol. The molecular formula is C20H17N3O5S2. The van der Waals surface area contributed by atoms with E-state index in [4.69, 9.17) is 0 Å². The first-order chi connectivity index (χ1) is 14.2. The zero-order valence-corrected chi connectivity index (χ0v) is 17.5. The molecule has 0 fully saturated rings. The molecule has 0 spiro atoms. The number of nitrogens with zero attached hydrogens (tertiary/aromatic N) is 2. The van der Waals surface area contributed by atoms with Gasteiger partial charge in [-0.1, -0.05) is 35.6 Å². The van der Waals surface area contributed by atoms with Gasteiger partial charge in [-0.3, -0.25) is 19.3 Å². The Morgan fingerprint density at radius 1 is 1.07 bits per heavy atom. The number of amides is 3. The Labute approximate surface area is 176 Å². The van der Waals surface area contributed by atoms with Gasteiger partial charge in [0.1, 0.15) is 15.9 Å². The van der Waals surface area contributed by atoms with Gasteiger partial charge in [-0.25, -0.2) is 13.4 Å². The lowest BCUT2D eigenvalue weighted by molar-refractivity contribution is -0.120. The normalized spacial score (nSPS) is 14.8. The van der Waals surface area contributed by atoms with Crippen LogP contribution in [0.1, 0.15) is 27.1 Å². The lowest BCUT2D eigenvalue weighted by atomic mass is 10.1. The maximum absolute atomic E-state index is 13.1. The van der Waals surface area contributed by atoms with Crippen molar-refractivity contribution >= 4 is 54.2 Å². The number of anilines is 1. The van der Waals surface area contributed by atoms with Crippen molar-refractivity contribution in [3.8, 4) is 0 Å². The quantitative estimate of drug-likeness (QED) is 0.585. The van der Waals surface area contributed by atoms with Gasteiger partial charge in [0.2, 0.25) is 5.91 Å². The minimum absolute atomic E-state index is 0.194. The Kier molecular flexibility index (Phi) is 5.12. The summed E-state index contributed by atoms with van der Waals surface area (Å²) in [7, 11) is -3.42. The molecule has 4 rings (SSSR count). The van der Waals surface area contributed by atoms with Crippen molar-refractivity contribution in [2.75, 3.05) is 17.3 Å². The zero-order chi connectivity index (χ0) is 21.5. The predicted octanol–water partition coefficient (Wildman–Crippen LogP) is 2.33. The Morgan fingerprint density at radius 2 is 1.67 bits per heavy atom. The van der Waals surface area contributed by atoms with E-state index in [2.05, 4.69) is 10.3 Å². The SMILES string of the molecule is CS(=O)(=O)CC[C@@H](C(=O)Nc1nc2ccccc2s1)N1C(=O)c2ccccc2C1=O. The molecule has 2 aromatic carbocycles. The van der Waals surface area contributed by atoms with Crippen molar-refractivity contribution in [3.05, 3.63) is 59.7 Å². The van der Waals surface area contributed by atoms with Crippen LogP contribution in [0.25, 0.3) is 10.2 Å². The van der Waals surface area contributed by atoms with Gasteiger partial charge in [-0.2, -0.15) is 0 Å². The van der Waals surface area contributed by atoms with E-state index in [1.54, 1.807) is 18.2 Å². The number of hydrogen-bond donors (Lipinski definition) is 1. The zero-order valence-electron chi connectivity index (χ0n) is 15.9. The highest BCUT2D eigenvalue weighted by Gasteiger charge is 2.43. The number of imide groups is 1. The highest BCUT2D eigenvalue weighted by molar-refractivity contribution is 7.90. The molecule has 8 nitrogen and oxygen atoms in total. The van der Waals surface area contributed by atoms with E-state index in [0.29, 0.717) is 10.6 Å². The van der Waals surface area contributed by atoms with Crippen LogP contribution in [0.3, 0.4) is 0 Å². The largest absolute Gasteiger partial charge is 0.300 e. The van der Waals surface area contributed by atoms with Crippen molar-refractivity contribution in [2.24, 2.45) is 0 Å². The third-order valence-corrected chi connectivity index (χ3v) is 6.66. The molecule has 1 atom stereocenters. The van der Waals surface area contributed by atoms with Crippen LogP contribution in [0.4, 0.5) is 5.13 Å². The molecule has 1 aromatic heterocycles. The van der Waals surface area contributed by atoms with E-state index in [-0.39, 0.29) is 23.3 Å². The Bertz CT molecular complexity index is 1210. The third kappa shape index (κ3) is 3.83. The van der Waals surface area contributed by atoms with E-state index in [0.717, 1.165) is 15.9 Å². The topological polar surface area (TPSA) is 114 Å². The Balaban J connectivity index is 1.65. The predicted molar refractivity (Wildman–Crippen MR) is 113 cm³/mol. The van der Waals surface area contributed by atoms with Gasteiger partial charge < -0.3 is 5.32 Å². The van der Waals surface area contributed by atoms with Crippen LogP contribution in [-0.4, -0.2) is 54.1 Å². The number of fused-ring (bicyclic) bond motifs is 2. The van der Waals surface area contributed by atoms with E-state index >= 15 is 0 Å². The number of sulfone groups is 1. The van der Waals surface area contributed by atoms with E-state index < -0.39 is 33.6 Å². The number of benzene rings is 2. The van der Waals surface area contributed by atoms with Crippen LogP contribution in [0, 0.1) is 0 Å². The fourth-order valence-corrected chi connectivity index (χ4v) is 4.83. The first kappa shape index (κ1) is 20.2. The molecule has 30 heavy (non-hydrogen) atoms. The number of aromatic nitrogens is 1. The molecule has 3 amide bonds. The molecule has 0 aliphatic carbocycles. The summed E-state index contributed by atoms with van der Waals surface area (Å²) in [5, 5.41) is 2.95. The number of thiazole rings is 1. The lowest BCUT2D eigenvalue weighted by Crippen LogP contribution is -2.48. The van der Waals surface area contributed by atoms with Gasteiger partial charge in [0, 0.05) is 6.26 Å². The van der Waals surface area contributed by atoms with Crippen molar-refractivity contribution in [1.29, 1.82) is 0 Å². The molecule has 3 aromatic rings. The summed E-state index contributed by atoms with van der Waals surface area (Å²) in [6, 6.07) is 12.3. The standard InChI is InChI=1S/C20H17N3O5S2/c1-30(27,28)11-10-15(23-18(25)12-6-2-3-7-13(12)19(23)26)17(24)22-20-21-14-8-4-5-9-16(14)29-20/h2-9,15H,10-11H2,1H3,(H,21,22,24)/t15-/m0/s1. The minimum Gasteiger partial charge on any atom is -0.300 e. The average Bonchev–Trinajstić information content (AvgIpc) is 3.21. The van der Waals surface area contributed by atoms with Gasteiger partial charge in [0.15, 0.2) is 5.13 Å². The van der Waals surface area contributed by atoms with Gasteiger partial charge in [-0.05, 0) is 30.7 Å². The van der Waals surface area contributed by atoms with E-state index in [1.807, 2.05) is 18.2 Å². The molecule has 10 heteroatoms. The first-order valence-electron chi connectivity index (χ1n) is 9.06. The molecule has 0 saturated carbocycles. The molecule has 0 bridgehead atoms. The second kappa shape index (κ2) is 7.62. The summed E-state index contributed by atoms with van der Waals surface area (Å²) < 4.78 is 24.3. The maximum Gasteiger partial charge on any atom is 0.262 e. The molecule has 154 valence electrons. The van der Waals surface area contributed by atoms with Crippen molar-refractivity contribution in [1.82, 2.24) is 9.88 Å². The fourth-order valence-electron chi connectivity index (χ4n) is 3.31. The average molecular weight is 444 g/mol. The van der Waals surface area contributed by atoms with Crippen molar-refractivity contribution in [3.63, 3.8) is 0 Å². The number of carbonyl (C=O) groups excluding carboxylic acids is 3. The Morgan fingerprint density at radius 3 is 2.27 bits per heavy atom. The van der Waals surface area contributed by atoms with Crippen LogP contribution >= 0.6 is 11.3 Å². The summed E-state index contributed by atoms with van der Waals surface area (Å²) in [6.07, 6.45) is 0.832. The van der Waals surface area contributed by atoms with Gasteiger partial charge in [0.05, 0.1) is 27.1 Å². The number of hydrogen-bond acceptors (Lipinski definition) is 7.